The molecule has 0 atom stereocenters. The predicted molar refractivity (Wildman–Crippen MR) is 58.8 cm³/mol. The second-order valence-corrected chi connectivity index (χ2v) is 3.83. The molecular formula is C10H9BrN2O. The summed E-state index contributed by atoms with van der Waals surface area (Å²) in [6.45, 7) is 1.89. The second-order valence-electron chi connectivity index (χ2n) is 2.98. The molecule has 2 aromatic heterocycles. The molecule has 2 aromatic rings. The lowest BCUT2D eigenvalue weighted by molar-refractivity contribution is 0.546. The Hall–Kier alpha value is -1.29. The molecule has 0 spiro atoms. The summed E-state index contributed by atoms with van der Waals surface area (Å²) in [4.78, 5) is 4.19. The second kappa shape index (κ2) is 3.46. The normalized spacial score (nSPS) is 10.4. The number of hydrogen-bond acceptors (Lipinski definition) is 3. The maximum atomic E-state index is 5.60. The van der Waals surface area contributed by atoms with Crippen LogP contribution < -0.4 is 5.73 Å². The van der Waals surface area contributed by atoms with Gasteiger partial charge in [0.15, 0.2) is 5.76 Å². The molecular weight excluding hydrogens is 244 g/mol. The molecule has 0 aliphatic carbocycles. The number of nitrogens with two attached hydrogens (primary N) is 1. The molecule has 0 aliphatic heterocycles. The van der Waals surface area contributed by atoms with Gasteiger partial charge in [-0.15, -0.1) is 0 Å². The van der Waals surface area contributed by atoms with Gasteiger partial charge in [0.1, 0.15) is 17.3 Å². The zero-order valence-corrected chi connectivity index (χ0v) is 9.21. The molecule has 0 amide bonds. The third-order valence-corrected chi connectivity index (χ3v) is 2.48. The van der Waals surface area contributed by atoms with E-state index in [-0.39, 0.29) is 0 Å². The summed E-state index contributed by atoms with van der Waals surface area (Å²) in [6, 6.07) is 7.37. The maximum Gasteiger partial charge on any atom is 0.153 e. The van der Waals surface area contributed by atoms with E-state index in [9.17, 15) is 0 Å². The molecule has 0 bridgehead atoms. The number of aromatic nitrogens is 1. The Bertz CT molecular complexity index is 465. The summed E-state index contributed by atoms with van der Waals surface area (Å²) >= 11 is 3.40. The van der Waals surface area contributed by atoms with E-state index in [0.717, 1.165) is 21.7 Å². The fraction of sp³-hybridized carbons (Fsp3) is 0.100. The largest absolute Gasteiger partial charge is 0.460 e. The number of hydrogen-bond donors (Lipinski definition) is 1. The van der Waals surface area contributed by atoms with Crippen LogP contribution in [0.5, 0.6) is 0 Å². The number of anilines is 1. The first-order chi connectivity index (χ1) is 6.66. The van der Waals surface area contributed by atoms with Gasteiger partial charge < -0.3 is 10.2 Å². The summed E-state index contributed by atoms with van der Waals surface area (Å²) in [5.41, 5.74) is 6.33. The molecule has 2 heterocycles. The molecule has 0 unspecified atom stereocenters. The topological polar surface area (TPSA) is 52.0 Å². The van der Waals surface area contributed by atoms with Gasteiger partial charge in [0, 0.05) is 4.47 Å². The van der Waals surface area contributed by atoms with Crippen molar-refractivity contribution in [3.8, 4) is 11.5 Å². The van der Waals surface area contributed by atoms with E-state index in [4.69, 9.17) is 10.2 Å². The standard InChI is InChI=1S/C10H9BrN2O/c1-6-2-4-8(14-6)10-7(11)3-5-9(12)13-10/h2-5H,1H3,(H2,12,13). The van der Waals surface area contributed by atoms with Gasteiger partial charge in [-0.2, -0.15) is 0 Å². The summed E-state index contributed by atoms with van der Waals surface area (Å²) in [5.74, 6) is 2.06. The Morgan fingerprint density at radius 1 is 1.29 bits per heavy atom. The fourth-order valence-corrected chi connectivity index (χ4v) is 1.61. The highest BCUT2D eigenvalue weighted by atomic mass is 79.9. The monoisotopic (exact) mass is 252 g/mol. The highest BCUT2D eigenvalue weighted by Gasteiger charge is 2.08. The van der Waals surface area contributed by atoms with E-state index in [0.29, 0.717) is 5.82 Å². The molecule has 0 radical (unpaired) electrons. The van der Waals surface area contributed by atoms with Crippen LogP contribution in [0.2, 0.25) is 0 Å². The Morgan fingerprint density at radius 2 is 2.07 bits per heavy atom. The van der Waals surface area contributed by atoms with Crippen molar-refractivity contribution >= 4 is 21.7 Å². The van der Waals surface area contributed by atoms with Gasteiger partial charge in [-0.1, -0.05) is 0 Å². The summed E-state index contributed by atoms with van der Waals surface area (Å²) in [7, 11) is 0. The number of aryl methyl sites for hydroxylation is 1. The van der Waals surface area contributed by atoms with Crippen LogP contribution in [-0.4, -0.2) is 4.98 Å². The van der Waals surface area contributed by atoms with Gasteiger partial charge in [0.2, 0.25) is 0 Å². The van der Waals surface area contributed by atoms with Gasteiger partial charge in [-0.3, -0.25) is 0 Å². The molecule has 72 valence electrons. The molecule has 4 heteroatoms. The van der Waals surface area contributed by atoms with Gasteiger partial charge >= 0.3 is 0 Å². The van der Waals surface area contributed by atoms with Gasteiger partial charge in [-0.25, -0.2) is 4.98 Å². The minimum Gasteiger partial charge on any atom is -0.460 e. The van der Waals surface area contributed by atoms with Gasteiger partial charge in [0.05, 0.1) is 0 Å². The van der Waals surface area contributed by atoms with Crippen LogP contribution in [0.25, 0.3) is 11.5 Å². The van der Waals surface area contributed by atoms with Crippen molar-refractivity contribution in [2.45, 2.75) is 6.92 Å². The van der Waals surface area contributed by atoms with Crippen LogP contribution in [0.1, 0.15) is 5.76 Å². The first kappa shape index (κ1) is 9.27. The van der Waals surface area contributed by atoms with E-state index in [1.165, 1.54) is 0 Å². The van der Waals surface area contributed by atoms with Crippen molar-refractivity contribution in [1.29, 1.82) is 0 Å². The molecule has 0 aromatic carbocycles. The van der Waals surface area contributed by atoms with Crippen LogP contribution in [0.15, 0.2) is 33.2 Å². The lowest BCUT2D eigenvalue weighted by Gasteiger charge is -2.00. The zero-order chi connectivity index (χ0) is 10.1. The average Bonchev–Trinajstić information content (AvgIpc) is 2.56. The molecule has 14 heavy (non-hydrogen) atoms. The molecule has 2 rings (SSSR count). The minimum atomic E-state index is 0.484. The highest BCUT2D eigenvalue weighted by molar-refractivity contribution is 9.10. The minimum absolute atomic E-state index is 0.484. The Balaban J connectivity index is 2.55. The number of nitrogens with zero attached hydrogens (tertiary/aromatic N) is 1. The molecule has 2 N–H and O–H groups in total. The lowest BCUT2D eigenvalue weighted by Crippen LogP contribution is -1.91. The smallest absolute Gasteiger partial charge is 0.153 e. The van der Waals surface area contributed by atoms with Crippen LogP contribution in [-0.2, 0) is 0 Å². The SMILES string of the molecule is Cc1ccc(-c2nc(N)ccc2Br)o1. The average molecular weight is 253 g/mol. The molecule has 0 saturated heterocycles. The van der Waals surface area contributed by atoms with Crippen molar-refractivity contribution in [2.24, 2.45) is 0 Å². The van der Waals surface area contributed by atoms with E-state index in [2.05, 4.69) is 20.9 Å². The van der Waals surface area contributed by atoms with Crippen molar-refractivity contribution in [3.05, 3.63) is 34.5 Å². The Morgan fingerprint density at radius 3 is 2.71 bits per heavy atom. The van der Waals surface area contributed by atoms with E-state index < -0.39 is 0 Å². The number of halogens is 1. The number of rotatable bonds is 1. The molecule has 0 aliphatic rings. The number of pyridine rings is 1. The third kappa shape index (κ3) is 1.65. The van der Waals surface area contributed by atoms with E-state index in [1.807, 2.05) is 25.1 Å². The van der Waals surface area contributed by atoms with Gasteiger partial charge in [-0.05, 0) is 47.1 Å². The Labute approximate surface area is 90.1 Å². The van der Waals surface area contributed by atoms with E-state index >= 15 is 0 Å². The summed E-state index contributed by atoms with van der Waals surface area (Å²) in [6.07, 6.45) is 0. The van der Waals surface area contributed by atoms with E-state index in [1.54, 1.807) is 6.07 Å². The molecule has 0 saturated carbocycles. The Kier molecular flexibility index (Phi) is 2.29. The first-order valence-corrected chi connectivity index (χ1v) is 4.95. The quantitative estimate of drug-likeness (QED) is 0.849. The highest BCUT2D eigenvalue weighted by Crippen LogP contribution is 2.28. The van der Waals surface area contributed by atoms with Crippen LogP contribution in [0.4, 0.5) is 5.82 Å². The molecule has 0 fully saturated rings. The third-order valence-electron chi connectivity index (χ3n) is 1.84. The van der Waals surface area contributed by atoms with Crippen molar-refractivity contribution in [2.75, 3.05) is 5.73 Å². The van der Waals surface area contributed by atoms with Crippen molar-refractivity contribution < 1.29 is 4.42 Å². The predicted octanol–water partition coefficient (Wildman–Crippen LogP) is 2.99. The lowest BCUT2D eigenvalue weighted by atomic mass is 10.3. The number of nitrogen functional groups attached to an aromatic ring is 1. The maximum absolute atomic E-state index is 5.60. The van der Waals surface area contributed by atoms with Gasteiger partial charge in [0.25, 0.3) is 0 Å². The summed E-state index contributed by atoms with van der Waals surface area (Å²) < 4.78 is 6.33. The summed E-state index contributed by atoms with van der Waals surface area (Å²) in [5, 5.41) is 0. The number of furan rings is 1. The van der Waals surface area contributed by atoms with Crippen molar-refractivity contribution in [1.82, 2.24) is 4.98 Å². The fourth-order valence-electron chi connectivity index (χ4n) is 1.19. The first-order valence-electron chi connectivity index (χ1n) is 4.15. The van der Waals surface area contributed by atoms with Crippen molar-refractivity contribution in [3.63, 3.8) is 0 Å². The van der Waals surface area contributed by atoms with Crippen LogP contribution in [0, 0.1) is 6.92 Å². The molecule has 3 nitrogen and oxygen atoms in total. The van der Waals surface area contributed by atoms with Crippen LogP contribution >= 0.6 is 15.9 Å². The van der Waals surface area contributed by atoms with Crippen LogP contribution in [0.3, 0.4) is 0 Å². The zero-order valence-electron chi connectivity index (χ0n) is 7.62.